The second kappa shape index (κ2) is 7.69. The average molecular weight is 368 g/mol. The van der Waals surface area contributed by atoms with Crippen molar-refractivity contribution in [1.29, 1.82) is 0 Å². The maximum absolute atomic E-state index is 11.7. The maximum Gasteiger partial charge on any atom is 0.338 e. The van der Waals surface area contributed by atoms with E-state index < -0.39 is 4.92 Å². The van der Waals surface area contributed by atoms with Gasteiger partial charge in [-0.2, -0.15) is 0 Å². The Balaban J connectivity index is 1.77. The van der Waals surface area contributed by atoms with Crippen LogP contribution in [0.1, 0.15) is 34.5 Å². The van der Waals surface area contributed by atoms with Gasteiger partial charge in [0, 0.05) is 5.56 Å². The highest BCUT2D eigenvalue weighted by molar-refractivity contribution is 5.90. The van der Waals surface area contributed by atoms with Crippen molar-refractivity contribution in [2.24, 2.45) is 0 Å². The van der Waals surface area contributed by atoms with Gasteiger partial charge in [0.2, 0.25) is 5.76 Å². The molecule has 0 amide bonds. The molecule has 0 N–H and O–H groups in total. The van der Waals surface area contributed by atoms with E-state index in [2.05, 4.69) is 5.16 Å². The Kier molecular flexibility index (Phi) is 5.16. The first-order chi connectivity index (χ1) is 13.0. The minimum atomic E-state index is -0.538. The van der Waals surface area contributed by atoms with Crippen LogP contribution < -0.4 is 0 Å². The Morgan fingerprint density at radius 3 is 2.63 bits per heavy atom. The summed E-state index contributed by atoms with van der Waals surface area (Å²) in [5.41, 5.74) is 1.28. The molecule has 0 saturated carbocycles. The zero-order chi connectivity index (χ0) is 19.4. The number of carbonyl (C=O) groups excluding carboxylic acids is 1. The Morgan fingerprint density at radius 2 is 1.96 bits per heavy atom. The summed E-state index contributed by atoms with van der Waals surface area (Å²) in [6.07, 6.45) is 2.99. The average Bonchev–Trinajstić information content (AvgIpc) is 3.27. The standard InChI is InChI=1S/C19H16N2O6/c1-3-25-19(22)14-6-4-13(5-7-14)16-10-8-15(26-16)9-11-17-18(21(23)24)12(2)20-27-17/h4-11H,3H2,1-2H3/b11-9-. The molecule has 0 saturated heterocycles. The van der Waals surface area contributed by atoms with Crippen molar-refractivity contribution in [1.82, 2.24) is 5.16 Å². The number of aryl methyl sites for hydroxylation is 1. The highest BCUT2D eigenvalue weighted by Crippen LogP contribution is 2.27. The molecular formula is C19H16N2O6. The van der Waals surface area contributed by atoms with E-state index in [-0.39, 0.29) is 23.1 Å². The molecule has 3 aromatic rings. The number of rotatable bonds is 6. The van der Waals surface area contributed by atoms with Crippen molar-refractivity contribution in [3.63, 3.8) is 0 Å². The van der Waals surface area contributed by atoms with Gasteiger partial charge >= 0.3 is 11.7 Å². The minimum Gasteiger partial charge on any atom is -0.462 e. The van der Waals surface area contributed by atoms with Crippen molar-refractivity contribution in [3.05, 3.63) is 69.3 Å². The van der Waals surface area contributed by atoms with Crippen molar-refractivity contribution in [2.45, 2.75) is 13.8 Å². The summed E-state index contributed by atoms with van der Waals surface area (Å²) in [6.45, 7) is 3.57. The molecule has 0 aliphatic rings. The molecule has 0 fully saturated rings. The smallest absolute Gasteiger partial charge is 0.338 e. The van der Waals surface area contributed by atoms with Gasteiger partial charge in [-0.3, -0.25) is 10.1 Å². The van der Waals surface area contributed by atoms with E-state index in [4.69, 9.17) is 13.7 Å². The highest BCUT2D eigenvalue weighted by Gasteiger charge is 2.22. The molecule has 8 nitrogen and oxygen atoms in total. The van der Waals surface area contributed by atoms with E-state index in [1.807, 2.05) is 0 Å². The lowest BCUT2D eigenvalue weighted by Crippen LogP contribution is -2.03. The molecule has 0 radical (unpaired) electrons. The number of aromatic nitrogens is 1. The van der Waals surface area contributed by atoms with E-state index in [0.29, 0.717) is 23.7 Å². The Morgan fingerprint density at radius 1 is 1.22 bits per heavy atom. The summed E-state index contributed by atoms with van der Waals surface area (Å²) in [4.78, 5) is 22.2. The fraction of sp³-hybridized carbons (Fsp3) is 0.158. The first-order valence-corrected chi connectivity index (χ1v) is 8.15. The lowest BCUT2D eigenvalue weighted by Gasteiger charge is -2.02. The number of hydrogen-bond acceptors (Lipinski definition) is 7. The van der Waals surface area contributed by atoms with Crippen LogP contribution >= 0.6 is 0 Å². The normalized spacial score (nSPS) is 11.0. The Labute approximate surface area is 154 Å². The van der Waals surface area contributed by atoms with Gasteiger partial charge in [-0.05, 0) is 50.3 Å². The number of nitro groups is 1. The first-order valence-electron chi connectivity index (χ1n) is 8.15. The van der Waals surface area contributed by atoms with Crippen LogP contribution in [0.4, 0.5) is 5.69 Å². The van der Waals surface area contributed by atoms with Gasteiger partial charge in [-0.25, -0.2) is 4.79 Å². The monoisotopic (exact) mass is 368 g/mol. The SMILES string of the molecule is CCOC(=O)c1ccc(-c2ccc(/C=C\c3onc(C)c3[N+](=O)[O-])o2)cc1. The van der Waals surface area contributed by atoms with E-state index in [1.54, 1.807) is 49.4 Å². The summed E-state index contributed by atoms with van der Waals surface area (Å²) >= 11 is 0. The fourth-order valence-electron chi connectivity index (χ4n) is 2.45. The predicted octanol–water partition coefficient (Wildman–Crippen LogP) is 4.50. The number of benzene rings is 1. The van der Waals surface area contributed by atoms with Gasteiger partial charge in [0.05, 0.1) is 17.1 Å². The zero-order valence-corrected chi connectivity index (χ0v) is 14.7. The molecule has 3 rings (SSSR count). The fourth-order valence-corrected chi connectivity index (χ4v) is 2.45. The molecule has 27 heavy (non-hydrogen) atoms. The topological polar surface area (TPSA) is 109 Å². The van der Waals surface area contributed by atoms with Gasteiger partial charge in [-0.15, -0.1) is 0 Å². The van der Waals surface area contributed by atoms with Crippen LogP contribution in [0.2, 0.25) is 0 Å². The van der Waals surface area contributed by atoms with Gasteiger partial charge in [-0.1, -0.05) is 17.3 Å². The summed E-state index contributed by atoms with van der Waals surface area (Å²) < 4.78 is 15.6. The van der Waals surface area contributed by atoms with Crippen LogP contribution in [0.25, 0.3) is 23.5 Å². The summed E-state index contributed by atoms with van der Waals surface area (Å²) in [6, 6.07) is 10.3. The van der Waals surface area contributed by atoms with E-state index in [0.717, 1.165) is 5.56 Å². The molecule has 138 valence electrons. The molecule has 0 unspecified atom stereocenters. The second-order valence-electron chi connectivity index (χ2n) is 5.57. The van der Waals surface area contributed by atoms with Crippen molar-refractivity contribution < 1.29 is 23.4 Å². The van der Waals surface area contributed by atoms with E-state index >= 15 is 0 Å². The first kappa shape index (κ1) is 18.1. The number of esters is 1. The van der Waals surface area contributed by atoms with Crippen molar-refractivity contribution in [3.8, 4) is 11.3 Å². The van der Waals surface area contributed by atoms with Crippen molar-refractivity contribution in [2.75, 3.05) is 6.61 Å². The summed E-state index contributed by atoms with van der Waals surface area (Å²) in [7, 11) is 0. The van der Waals surface area contributed by atoms with Gasteiger partial charge < -0.3 is 13.7 Å². The molecule has 0 bridgehead atoms. The predicted molar refractivity (Wildman–Crippen MR) is 96.9 cm³/mol. The summed E-state index contributed by atoms with van der Waals surface area (Å²) in [5.74, 6) is 0.751. The third kappa shape index (κ3) is 3.95. The van der Waals surface area contributed by atoms with Crippen LogP contribution in [0.3, 0.4) is 0 Å². The highest BCUT2D eigenvalue weighted by atomic mass is 16.6. The lowest BCUT2D eigenvalue weighted by atomic mass is 10.1. The molecule has 2 heterocycles. The van der Waals surface area contributed by atoms with Crippen LogP contribution in [0.15, 0.2) is 45.3 Å². The number of nitrogens with zero attached hydrogens (tertiary/aromatic N) is 2. The van der Waals surface area contributed by atoms with E-state index in [9.17, 15) is 14.9 Å². The molecule has 8 heteroatoms. The Hall–Kier alpha value is -3.68. The number of furan rings is 1. The van der Waals surface area contributed by atoms with Gasteiger partial charge in [0.15, 0.2) is 5.69 Å². The third-order valence-corrected chi connectivity index (χ3v) is 3.75. The quantitative estimate of drug-likeness (QED) is 0.358. The number of carbonyl (C=O) groups is 1. The zero-order valence-electron chi connectivity index (χ0n) is 14.7. The third-order valence-electron chi connectivity index (χ3n) is 3.75. The molecule has 2 aromatic heterocycles. The second-order valence-corrected chi connectivity index (χ2v) is 5.57. The van der Waals surface area contributed by atoms with Gasteiger partial charge in [0.25, 0.3) is 0 Å². The van der Waals surface area contributed by atoms with E-state index in [1.165, 1.54) is 13.0 Å². The van der Waals surface area contributed by atoms with Crippen LogP contribution in [-0.4, -0.2) is 22.7 Å². The van der Waals surface area contributed by atoms with Crippen LogP contribution in [-0.2, 0) is 4.74 Å². The molecule has 0 aliphatic heterocycles. The lowest BCUT2D eigenvalue weighted by molar-refractivity contribution is -0.386. The van der Waals surface area contributed by atoms with Crippen molar-refractivity contribution >= 4 is 23.8 Å². The number of hydrogen-bond donors (Lipinski definition) is 0. The Bertz CT molecular complexity index is 998. The minimum absolute atomic E-state index is 0.0502. The maximum atomic E-state index is 11.7. The largest absolute Gasteiger partial charge is 0.462 e. The van der Waals surface area contributed by atoms with Crippen LogP contribution in [0, 0.1) is 17.0 Å². The molecule has 1 aromatic carbocycles. The molecular weight excluding hydrogens is 352 g/mol. The molecule has 0 aliphatic carbocycles. The molecule has 0 spiro atoms. The summed E-state index contributed by atoms with van der Waals surface area (Å²) in [5, 5.41) is 14.6. The van der Waals surface area contributed by atoms with Crippen LogP contribution in [0.5, 0.6) is 0 Å². The van der Waals surface area contributed by atoms with Gasteiger partial charge in [0.1, 0.15) is 11.5 Å². The number of ether oxygens (including phenoxy) is 1. The molecule has 0 atom stereocenters.